The van der Waals surface area contributed by atoms with E-state index in [1.807, 2.05) is 19.9 Å². The second kappa shape index (κ2) is 7.87. The van der Waals surface area contributed by atoms with Crippen molar-refractivity contribution in [2.24, 2.45) is 5.92 Å². The van der Waals surface area contributed by atoms with E-state index in [0.29, 0.717) is 18.1 Å². The summed E-state index contributed by atoms with van der Waals surface area (Å²) in [5.41, 5.74) is 3.13. The lowest BCUT2D eigenvalue weighted by molar-refractivity contribution is 0.250. The summed E-state index contributed by atoms with van der Waals surface area (Å²) < 4.78 is 12.9. The fourth-order valence-corrected chi connectivity index (χ4v) is 1.93. The molecule has 1 heterocycles. The Balaban J connectivity index is 2.11. The number of benzene rings is 1. The molecule has 0 saturated heterocycles. The fourth-order valence-electron chi connectivity index (χ4n) is 1.93. The zero-order valence-electron chi connectivity index (χ0n) is 13.3. The number of nitrogens with zero attached hydrogens (tertiary/aromatic N) is 4. The average Bonchev–Trinajstić information content (AvgIpc) is 2.56. The molecule has 0 spiro atoms. The molecule has 0 bridgehead atoms. The molecule has 0 aliphatic heterocycles. The molecule has 0 unspecified atom stereocenters. The molecular weight excluding hydrogens is 311 g/mol. The van der Waals surface area contributed by atoms with Crippen LogP contribution < -0.4 is 15.8 Å². The molecule has 2 rings (SSSR count). The number of halogens is 1. The molecule has 8 heteroatoms. The Hall–Kier alpha value is -3.21. The van der Waals surface area contributed by atoms with E-state index in [1.165, 1.54) is 35.5 Å². The lowest BCUT2D eigenvalue weighted by Gasteiger charge is -2.26. The van der Waals surface area contributed by atoms with Crippen molar-refractivity contribution in [3.8, 4) is 6.07 Å². The number of amides is 2. The highest BCUT2D eigenvalue weighted by atomic mass is 19.1. The van der Waals surface area contributed by atoms with Gasteiger partial charge in [-0.15, -0.1) is 0 Å². The van der Waals surface area contributed by atoms with Crippen LogP contribution in [0.15, 0.2) is 36.5 Å². The van der Waals surface area contributed by atoms with Gasteiger partial charge in [-0.2, -0.15) is 10.2 Å². The van der Waals surface area contributed by atoms with Crippen LogP contribution in [0.3, 0.4) is 0 Å². The Labute approximate surface area is 139 Å². The van der Waals surface area contributed by atoms with Gasteiger partial charge in [-0.3, -0.25) is 5.01 Å². The Kier molecular flexibility index (Phi) is 5.63. The molecule has 0 aliphatic carbocycles. The van der Waals surface area contributed by atoms with Crippen LogP contribution in [0.5, 0.6) is 0 Å². The Morgan fingerprint density at radius 3 is 2.67 bits per heavy atom. The van der Waals surface area contributed by atoms with Gasteiger partial charge in [0.05, 0.1) is 0 Å². The van der Waals surface area contributed by atoms with Gasteiger partial charge in [0.15, 0.2) is 5.82 Å². The molecule has 0 atom stereocenters. The fraction of sp³-hybridized carbons (Fsp3) is 0.250. The predicted molar refractivity (Wildman–Crippen MR) is 87.5 cm³/mol. The highest BCUT2D eigenvalue weighted by Crippen LogP contribution is 2.11. The third-order valence-corrected chi connectivity index (χ3v) is 2.90. The minimum absolute atomic E-state index is 0.0157. The van der Waals surface area contributed by atoms with Gasteiger partial charge in [0.1, 0.15) is 11.9 Å². The number of rotatable bonds is 5. The first kappa shape index (κ1) is 17.1. The summed E-state index contributed by atoms with van der Waals surface area (Å²) in [6, 6.07) is 8.39. The number of hydrazine groups is 1. The molecule has 2 amide bonds. The summed E-state index contributed by atoms with van der Waals surface area (Å²) in [7, 11) is 0. The summed E-state index contributed by atoms with van der Waals surface area (Å²) in [6.07, 6.45) is 1.45. The first-order chi connectivity index (χ1) is 11.5. The van der Waals surface area contributed by atoms with Gasteiger partial charge in [0.2, 0.25) is 5.82 Å². The van der Waals surface area contributed by atoms with Gasteiger partial charge in [-0.25, -0.2) is 19.6 Å². The van der Waals surface area contributed by atoms with Crippen LogP contribution >= 0.6 is 0 Å². The molecule has 1 aromatic heterocycles. The Bertz CT molecular complexity index is 741. The number of hydrogen-bond donors (Lipinski definition) is 2. The van der Waals surface area contributed by atoms with Crippen molar-refractivity contribution in [3.05, 3.63) is 48.2 Å². The third kappa shape index (κ3) is 4.91. The zero-order chi connectivity index (χ0) is 17.5. The first-order valence-electron chi connectivity index (χ1n) is 7.32. The second-order valence-corrected chi connectivity index (χ2v) is 5.43. The Morgan fingerprint density at radius 1 is 1.33 bits per heavy atom. The van der Waals surface area contributed by atoms with Crippen LogP contribution in [0.4, 0.5) is 20.7 Å². The molecular formula is C16H17FN6O. The molecule has 0 fully saturated rings. The summed E-state index contributed by atoms with van der Waals surface area (Å²) in [4.78, 5) is 20.0. The van der Waals surface area contributed by atoms with Crippen molar-refractivity contribution < 1.29 is 9.18 Å². The minimum atomic E-state index is -0.501. The maximum absolute atomic E-state index is 12.9. The van der Waals surface area contributed by atoms with Gasteiger partial charge >= 0.3 is 6.03 Å². The minimum Gasteiger partial charge on any atom is -0.307 e. The van der Waals surface area contributed by atoms with Gasteiger partial charge in [0.25, 0.3) is 0 Å². The molecule has 2 N–H and O–H groups in total. The summed E-state index contributed by atoms with van der Waals surface area (Å²) in [6.45, 7) is 4.45. The van der Waals surface area contributed by atoms with E-state index in [2.05, 4.69) is 20.7 Å². The number of hydrogen-bond acceptors (Lipinski definition) is 5. The van der Waals surface area contributed by atoms with Crippen LogP contribution in [0, 0.1) is 23.1 Å². The topological polar surface area (TPSA) is 93.9 Å². The number of carbonyl (C=O) groups excluding carboxylic acids is 1. The van der Waals surface area contributed by atoms with E-state index in [9.17, 15) is 9.18 Å². The number of aromatic nitrogens is 2. The number of nitriles is 1. The van der Waals surface area contributed by atoms with Gasteiger partial charge < -0.3 is 5.32 Å². The Morgan fingerprint density at radius 2 is 2.04 bits per heavy atom. The van der Waals surface area contributed by atoms with E-state index < -0.39 is 6.03 Å². The summed E-state index contributed by atoms with van der Waals surface area (Å²) in [5.74, 6) is 0.274. The average molecular weight is 328 g/mol. The number of anilines is 2. The molecule has 24 heavy (non-hydrogen) atoms. The van der Waals surface area contributed by atoms with Crippen molar-refractivity contribution in [2.75, 3.05) is 16.9 Å². The van der Waals surface area contributed by atoms with E-state index in [4.69, 9.17) is 5.26 Å². The van der Waals surface area contributed by atoms with Crippen LogP contribution in [0.2, 0.25) is 0 Å². The van der Waals surface area contributed by atoms with Crippen molar-refractivity contribution in [2.45, 2.75) is 13.8 Å². The van der Waals surface area contributed by atoms with Crippen LogP contribution in [-0.2, 0) is 0 Å². The highest BCUT2D eigenvalue weighted by molar-refractivity contribution is 5.90. The highest BCUT2D eigenvalue weighted by Gasteiger charge is 2.14. The van der Waals surface area contributed by atoms with E-state index in [0.717, 1.165) is 0 Å². The molecule has 0 radical (unpaired) electrons. The second-order valence-electron chi connectivity index (χ2n) is 5.43. The number of carbonyl (C=O) groups is 1. The van der Waals surface area contributed by atoms with Crippen molar-refractivity contribution >= 4 is 17.5 Å². The van der Waals surface area contributed by atoms with E-state index in [-0.39, 0.29) is 17.6 Å². The van der Waals surface area contributed by atoms with Crippen molar-refractivity contribution in [3.63, 3.8) is 0 Å². The summed E-state index contributed by atoms with van der Waals surface area (Å²) in [5, 5.41) is 13.0. The van der Waals surface area contributed by atoms with Gasteiger partial charge in [-0.1, -0.05) is 13.8 Å². The molecule has 0 saturated carbocycles. The van der Waals surface area contributed by atoms with Crippen molar-refractivity contribution in [1.82, 2.24) is 15.4 Å². The quantitative estimate of drug-likeness (QED) is 0.823. The standard InChI is InChI=1S/C16H17FN6O/c1-11(2)10-23(15-7-8-19-14(9-18)21-15)22-16(24)20-13-5-3-12(17)4-6-13/h3-8,11H,10H2,1-2H3,(H2,20,22,24). The zero-order valence-corrected chi connectivity index (χ0v) is 13.3. The van der Waals surface area contributed by atoms with Crippen LogP contribution in [0.25, 0.3) is 0 Å². The smallest absolute Gasteiger partial charge is 0.307 e. The van der Waals surface area contributed by atoms with Crippen LogP contribution in [0.1, 0.15) is 19.7 Å². The van der Waals surface area contributed by atoms with E-state index >= 15 is 0 Å². The summed E-state index contributed by atoms with van der Waals surface area (Å²) >= 11 is 0. The molecule has 7 nitrogen and oxygen atoms in total. The van der Waals surface area contributed by atoms with Gasteiger partial charge in [0, 0.05) is 24.5 Å². The third-order valence-electron chi connectivity index (χ3n) is 2.90. The molecule has 0 aliphatic rings. The number of urea groups is 1. The molecule has 1 aromatic carbocycles. The van der Waals surface area contributed by atoms with Crippen LogP contribution in [-0.4, -0.2) is 22.5 Å². The number of nitrogens with one attached hydrogen (secondary N) is 2. The molecule has 124 valence electrons. The monoisotopic (exact) mass is 328 g/mol. The molecule has 2 aromatic rings. The lowest BCUT2D eigenvalue weighted by atomic mass is 10.2. The van der Waals surface area contributed by atoms with E-state index in [1.54, 1.807) is 6.07 Å². The largest absolute Gasteiger partial charge is 0.338 e. The van der Waals surface area contributed by atoms with Gasteiger partial charge in [-0.05, 0) is 30.2 Å². The SMILES string of the molecule is CC(C)CN(NC(=O)Nc1ccc(F)cc1)c1ccnc(C#N)n1. The normalized spacial score (nSPS) is 10.1. The first-order valence-corrected chi connectivity index (χ1v) is 7.32. The maximum atomic E-state index is 12.9. The lowest BCUT2D eigenvalue weighted by Crippen LogP contribution is -2.46. The van der Waals surface area contributed by atoms with Crippen molar-refractivity contribution in [1.29, 1.82) is 5.26 Å². The maximum Gasteiger partial charge on any atom is 0.338 e. The predicted octanol–water partition coefficient (Wildman–Crippen LogP) is 2.69.